The van der Waals surface area contributed by atoms with Gasteiger partial charge >= 0.3 is 0 Å². The summed E-state index contributed by atoms with van der Waals surface area (Å²) in [6, 6.07) is 6.23. The molecule has 4 heteroatoms. The Bertz CT molecular complexity index is 382. The van der Waals surface area contributed by atoms with Crippen molar-refractivity contribution in [3.63, 3.8) is 0 Å². The first-order valence-corrected chi connectivity index (χ1v) is 6.12. The molecule has 0 saturated carbocycles. The maximum absolute atomic E-state index is 9.62. The van der Waals surface area contributed by atoms with Crippen molar-refractivity contribution >= 4 is 5.69 Å². The van der Waals surface area contributed by atoms with Crippen molar-refractivity contribution in [3.8, 4) is 0 Å². The SMILES string of the molecule is NCCc1ccc2c(c1)CC[C@@H]([C@H](O)CO)N2. The summed E-state index contributed by atoms with van der Waals surface area (Å²) in [5.41, 5.74) is 9.14. The molecular weight excluding hydrogens is 216 g/mol. The molecule has 0 aromatic heterocycles. The lowest BCUT2D eigenvalue weighted by molar-refractivity contribution is 0.0765. The van der Waals surface area contributed by atoms with Gasteiger partial charge in [-0.15, -0.1) is 0 Å². The Balaban J connectivity index is 2.11. The van der Waals surface area contributed by atoms with E-state index in [-0.39, 0.29) is 12.6 Å². The summed E-state index contributed by atoms with van der Waals surface area (Å²) in [7, 11) is 0. The van der Waals surface area contributed by atoms with Crippen LogP contribution in [0.3, 0.4) is 0 Å². The Morgan fingerprint density at radius 1 is 1.47 bits per heavy atom. The molecule has 2 atom stereocenters. The van der Waals surface area contributed by atoms with Crippen molar-refractivity contribution in [2.45, 2.75) is 31.4 Å². The van der Waals surface area contributed by atoms with E-state index in [9.17, 15) is 5.11 Å². The predicted molar refractivity (Wildman–Crippen MR) is 68.0 cm³/mol. The van der Waals surface area contributed by atoms with Gasteiger partial charge in [0.1, 0.15) is 0 Å². The molecule has 4 nitrogen and oxygen atoms in total. The summed E-state index contributed by atoms with van der Waals surface area (Å²) in [4.78, 5) is 0. The molecule has 0 spiro atoms. The second-order valence-corrected chi connectivity index (χ2v) is 4.57. The standard InChI is InChI=1S/C13H20N2O2/c14-6-5-9-1-3-11-10(7-9)2-4-12(15-11)13(17)8-16/h1,3,7,12-13,15-17H,2,4-6,8,14H2/t12-,13+/m0/s1. The Hall–Kier alpha value is -1.10. The lowest BCUT2D eigenvalue weighted by atomic mass is 9.93. The minimum Gasteiger partial charge on any atom is -0.394 e. The summed E-state index contributed by atoms with van der Waals surface area (Å²) in [5.74, 6) is 0. The molecule has 17 heavy (non-hydrogen) atoms. The van der Waals surface area contributed by atoms with Gasteiger partial charge in [0.15, 0.2) is 0 Å². The number of nitrogens with two attached hydrogens (primary N) is 1. The molecule has 1 heterocycles. The summed E-state index contributed by atoms with van der Waals surface area (Å²) in [6.07, 6.45) is 1.99. The monoisotopic (exact) mass is 236 g/mol. The van der Waals surface area contributed by atoms with Crippen molar-refractivity contribution in [3.05, 3.63) is 29.3 Å². The number of rotatable bonds is 4. The van der Waals surface area contributed by atoms with E-state index in [0.29, 0.717) is 6.54 Å². The number of hydrogen-bond acceptors (Lipinski definition) is 4. The van der Waals surface area contributed by atoms with Crippen LogP contribution < -0.4 is 11.1 Å². The van der Waals surface area contributed by atoms with E-state index in [2.05, 4.69) is 17.4 Å². The molecule has 1 aliphatic heterocycles. The van der Waals surface area contributed by atoms with E-state index in [0.717, 1.165) is 24.9 Å². The first kappa shape index (κ1) is 12.4. The molecule has 1 aromatic carbocycles. The molecule has 0 bridgehead atoms. The molecule has 0 radical (unpaired) electrons. The number of nitrogens with one attached hydrogen (secondary N) is 1. The van der Waals surface area contributed by atoms with E-state index in [1.54, 1.807) is 0 Å². The molecular formula is C13H20N2O2. The average Bonchev–Trinajstić information content (AvgIpc) is 2.37. The molecule has 94 valence electrons. The Morgan fingerprint density at radius 3 is 3.00 bits per heavy atom. The van der Waals surface area contributed by atoms with Crippen LogP contribution in [0.15, 0.2) is 18.2 Å². The second-order valence-electron chi connectivity index (χ2n) is 4.57. The number of fused-ring (bicyclic) bond motifs is 1. The molecule has 0 fully saturated rings. The zero-order chi connectivity index (χ0) is 12.3. The molecule has 0 unspecified atom stereocenters. The molecule has 5 N–H and O–H groups in total. The first-order chi connectivity index (χ1) is 8.24. The number of aliphatic hydroxyl groups excluding tert-OH is 2. The van der Waals surface area contributed by atoms with Crippen LogP contribution in [0.5, 0.6) is 0 Å². The van der Waals surface area contributed by atoms with Crippen LogP contribution in [0.1, 0.15) is 17.5 Å². The fraction of sp³-hybridized carbons (Fsp3) is 0.538. The van der Waals surface area contributed by atoms with Gasteiger partial charge in [-0.05, 0) is 43.0 Å². The van der Waals surface area contributed by atoms with E-state index >= 15 is 0 Å². The summed E-state index contributed by atoms with van der Waals surface area (Å²) < 4.78 is 0. The maximum atomic E-state index is 9.62. The lowest BCUT2D eigenvalue weighted by Crippen LogP contribution is -2.39. The van der Waals surface area contributed by atoms with Crippen LogP contribution in [0, 0.1) is 0 Å². The highest BCUT2D eigenvalue weighted by molar-refractivity contribution is 5.55. The third kappa shape index (κ3) is 2.77. The van der Waals surface area contributed by atoms with E-state index in [4.69, 9.17) is 10.8 Å². The van der Waals surface area contributed by atoms with Crippen LogP contribution in [-0.4, -0.2) is 35.5 Å². The van der Waals surface area contributed by atoms with Gasteiger partial charge < -0.3 is 21.3 Å². The van der Waals surface area contributed by atoms with E-state index in [1.807, 2.05) is 6.07 Å². The van der Waals surface area contributed by atoms with Crippen LogP contribution >= 0.6 is 0 Å². The third-order valence-corrected chi connectivity index (χ3v) is 3.32. The van der Waals surface area contributed by atoms with Gasteiger partial charge in [-0.2, -0.15) is 0 Å². The molecule has 0 aliphatic carbocycles. The van der Waals surface area contributed by atoms with Gasteiger partial charge in [-0.3, -0.25) is 0 Å². The largest absolute Gasteiger partial charge is 0.394 e. The van der Waals surface area contributed by atoms with Crippen LogP contribution in [0.25, 0.3) is 0 Å². The molecule has 1 aromatic rings. The average molecular weight is 236 g/mol. The van der Waals surface area contributed by atoms with Crippen LogP contribution in [0.2, 0.25) is 0 Å². The zero-order valence-electron chi connectivity index (χ0n) is 9.89. The first-order valence-electron chi connectivity index (χ1n) is 6.12. The van der Waals surface area contributed by atoms with Crippen molar-refractivity contribution in [2.75, 3.05) is 18.5 Å². The third-order valence-electron chi connectivity index (χ3n) is 3.32. The summed E-state index contributed by atoms with van der Waals surface area (Å²) >= 11 is 0. The summed E-state index contributed by atoms with van der Waals surface area (Å²) in [6.45, 7) is 0.469. The van der Waals surface area contributed by atoms with Crippen LogP contribution in [0.4, 0.5) is 5.69 Å². The minimum atomic E-state index is -0.688. The Morgan fingerprint density at radius 2 is 2.29 bits per heavy atom. The quantitative estimate of drug-likeness (QED) is 0.605. The normalized spacial score (nSPS) is 20.5. The minimum absolute atomic E-state index is 0.0483. The van der Waals surface area contributed by atoms with Gasteiger partial charge in [0.25, 0.3) is 0 Å². The smallest absolute Gasteiger partial charge is 0.0971 e. The highest BCUT2D eigenvalue weighted by Gasteiger charge is 2.23. The van der Waals surface area contributed by atoms with Gasteiger partial charge in [0, 0.05) is 5.69 Å². The lowest BCUT2D eigenvalue weighted by Gasteiger charge is -2.30. The number of hydrogen-bond donors (Lipinski definition) is 4. The fourth-order valence-electron chi connectivity index (χ4n) is 2.32. The Labute approximate surface area is 101 Å². The van der Waals surface area contributed by atoms with Crippen LogP contribution in [-0.2, 0) is 12.8 Å². The fourth-order valence-corrected chi connectivity index (χ4v) is 2.32. The second kappa shape index (κ2) is 5.49. The molecule has 2 rings (SSSR count). The summed E-state index contributed by atoms with van der Waals surface area (Å²) in [5, 5.41) is 21.8. The zero-order valence-corrected chi connectivity index (χ0v) is 9.89. The number of benzene rings is 1. The molecule has 1 aliphatic rings. The van der Waals surface area contributed by atoms with Gasteiger partial charge in [0.05, 0.1) is 18.8 Å². The van der Waals surface area contributed by atoms with Gasteiger partial charge in [-0.25, -0.2) is 0 Å². The molecule has 0 amide bonds. The van der Waals surface area contributed by atoms with E-state index in [1.165, 1.54) is 11.1 Å². The van der Waals surface area contributed by atoms with Crippen molar-refractivity contribution in [1.82, 2.24) is 0 Å². The van der Waals surface area contributed by atoms with Crippen molar-refractivity contribution in [2.24, 2.45) is 5.73 Å². The highest BCUT2D eigenvalue weighted by atomic mass is 16.3. The van der Waals surface area contributed by atoms with Crippen molar-refractivity contribution in [1.29, 1.82) is 0 Å². The number of aryl methyl sites for hydroxylation is 1. The van der Waals surface area contributed by atoms with Crippen molar-refractivity contribution < 1.29 is 10.2 Å². The number of aliphatic hydroxyl groups is 2. The van der Waals surface area contributed by atoms with E-state index < -0.39 is 6.10 Å². The van der Waals surface area contributed by atoms with Gasteiger partial charge in [-0.1, -0.05) is 12.1 Å². The number of anilines is 1. The maximum Gasteiger partial charge on any atom is 0.0971 e. The highest BCUT2D eigenvalue weighted by Crippen LogP contribution is 2.27. The topological polar surface area (TPSA) is 78.5 Å². The molecule has 0 saturated heterocycles. The predicted octanol–water partition coefficient (Wildman–Crippen LogP) is 0.268. The Kier molecular flexibility index (Phi) is 3.99. The van der Waals surface area contributed by atoms with Gasteiger partial charge in [0.2, 0.25) is 0 Å².